The van der Waals surface area contributed by atoms with Crippen molar-refractivity contribution in [2.45, 2.75) is 45.7 Å². The van der Waals surface area contributed by atoms with Gasteiger partial charge in [0.2, 0.25) is 0 Å². The van der Waals surface area contributed by atoms with Gasteiger partial charge in [-0.3, -0.25) is 0 Å². The fourth-order valence-corrected chi connectivity index (χ4v) is 1.71. The first-order valence-corrected chi connectivity index (χ1v) is 4.61. The quantitative estimate of drug-likeness (QED) is 0.600. The maximum absolute atomic E-state index is 3.56. The van der Waals surface area contributed by atoms with Gasteiger partial charge in [0, 0.05) is 12.1 Å². The van der Waals surface area contributed by atoms with Crippen LogP contribution in [0, 0.1) is 5.92 Å². The van der Waals surface area contributed by atoms with Gasteiger partial charge in [0.1, 0.15) is 0 Å². The van der Waals surface area contributed by atoms with Gasteiger partial charge in [-0.1, -0.05) is 32.9 Å². The van der Waals surface area contributed by atoms with E-state index in [1.54, 1.807) is 0 Å². The summed E-state index contributed by atoms with van der Waals surface area (Å²) < 4.78 is 0. The van der Waals surface area contributed by atoms with Crippen LogP contribution in [0.3, 0.4) is 0 Å². The van der Waals surface area contributed by atoms with Crippen molar-refractivity contribution in [3.05, 3.63) is 12.2 Å². The Morgan fingerprint density at radius 2 is 2.18 bits per heavy atom. The highest BCUT2D eigenvalue weighted by atomic mass is 14.9. The monoisotopic (exact) mass is 153 g/mol. The number of hydrogen-bond donors (Lipinski definition) is 1. The number of rotatable bonds is 2. The minimum absolute atomic E-state index is 0.624. The van der Waals surface area contributed by atoms with Crippen molar-refractivity contribution in [2.24, 2.45) is 5.92 Å². The molecular weight excluding hydrogens is 134 g/mol. The van der Waals surface area contributed by atoms with E-state index >= 15 is 0 Å². The molecule has 1 heteroatoms. The van der Waals surface area contributed by atoms with E-state index in [-0.39, 0.29) is 0 Å². The molecule has 1 aliphatic rings. The summed E-state index contributed by atoms with van der Waals surface area (Å²) in [6.07, 6.45) is 7.13. The lowest BCUT2D eigenvalue weighted by Gasteiger charge is -2.25. The van der Waals surface area contributed by atoms with Crippen molar-refractivity contribution in [3.8, 4) is 0 Å². The average Bonchev–Trinajstić information content (AvgIpc) is 1.85. The Bertz CT molecular complexity index is 138. The first-order valence-electron chi connectivity index (χ1n) is 4.61. The van der Waals surface area contributed by atoms with Crippen LogP contribution >= 0.6 is 0 Å². The van der Waals surface area contributed by atoms with Gasteiger partial charge in [-0.25, -0.2) is 0 Å². The van der Waals surface area contributed by atoms with Crippen molar-refractivity contribution in [1.29, 1.82) is 0 Å². The molecule has 2 unspecified atom stereocenters. The van der Waals surface area contributed by atoms with E-state index in [0.29, 0.717) is 6.04 Å². The SMILES string of the molecule is CC1C=CCC(NC(C)C)C1. The standard InChI is InChI=1S/C10H19N/c1-8(2)11-10-6-4-5-9(3)7-10/h4-5,8-11H,6-7H2,1-3H3. The van der Waals surface area contributed by atoms with E-state index in [0.717, 1.165) is 12.0 Å². The van der Waals surface area contributed by atoms with Crippen LogP contribution in [0.25, 0.3) is 0 Å². The predicted molar refractivity (Wildman–Crippen MR) is 49.6 cm³/mol. The van der Waals surface area contributed by atoms with E-state index in [1.165, 1.54) is 12.8 Å². The van der Waals surface area contributed by atoms with Crippen LogP contribution in [0.5, 0.6) is 0 Å². The fraction of sp³-hybridized carbons (Fsp3) is 0.800. The zero-order valence-electron chi connectivity index (χ0n) is 7.80. The Labute approximate surface area is 69.9 Å². The third-order valence-corrected chi connectivity index (χ3v) is 2.11. The van der Waals surface area contributed by atoms with Crippen molar-refractivity contribution in [1.82, 2.24) is 5.32 Å². The Morgan fingerprint density at radius 1 is 1.45 bits per heavy atom. The molecular formula is C10H19N. The van der Waals surface area contributed by atoms with Crippen LogP contribution in [0.2, 0.25) is 0 Å². The Balaban J connectivity index is 2.31. The molecule has 0 fully saturated rings. The summed E-state index contributed by atoms with van der Waals surface area (Å²) in [5.41, 5.74) is 0. The number of hydrogen-bond acceptors (Lipinski definition) is 1. The van der Waals surface area contributed by atoms with Gasteiger partial charge in [0.05, 0.1) is 0 Å². The molecule has 0 radical (unpaired) electrons. The van der Waals surface area contributed by atoms with E-state index < -0.39 is 0 Å². The zero-order valence-corrected chi connectivity index (χ0v) is 7.80. The minimum atomic E-state index is 0.624. The predicted octanol–water partition coefficient (Wildman–Crippen LogP) is 2.34. The maximum Gasteiger partial charge on any atom is 0.0109 e. The second-order valence-corrected chi connectivity index (χ2v) is 3.90. The molecule has 0 saturated heterocycles. The van der Waals surface area contributed by atoms with Gasteiger partial charge in [0.15, 0.2) is 0 Å². The summed E-state index contributed by atoms with van der Waals surface area (Å²) in [6, 6.07) is 1.34. The van der Waals surface area contributed by atoms with E-state index in [9.17, 15) is 0 Å². The van der Waals surface area contributed by atoms with Crippen molar-refractivity contribution in [3.63, 3.8) is 0 Å². The molecule has 0 aromatic carbocycles. The summed E-state index contributed by atoms with van der Waals surface area (Å²) in [6.45, 7) is 6.70. The zero-order chi connectivity index (χ0) is 8.27. The third-order valence-electron chi connectivity index (χ3n) is 2.11. The topological polar surface area (TPSA) is 12.0 Å². The van der Waals surface area contributed by atoms with Gasteiger partial charge >= 0.3 is 0 Å². The molecule has 64 valence electrons. The molecule has 0 spiro atoms. The number of nitrogens with one attached hydrogen (secondary N) is 1. The van der Waals surface area contributed by atoms with Gasteiger partial charge in [-0.15, -0.1) is 0 Å². The van der Waals surface area contributed by atoms with E-state index in [4.69, 9.17) is 0 Å². The first-order chi connectivity index (χ1) is 5.18. The largest absolute Gasteiger partial charge is 0.311 e. The Hall–Kier alpha value is -0.300. The molecule has 11 heavy (non-hydrogen) atoms. The highest BCUT2D eigenvalue weighted by molar-refractivity contribution is 4.97. The smallest absolute Gasteiger partial charge is 0.0109 e. The van der Waals surface area contributed by atoms with E-state index in [1.807, 2.05) is 0 Å². The molecule has 0 bridgehead atoms. The van der Waals surface area contributed by atoms with Crippen molar-refractivity contribution in [2.75, 3.05) is 0 Å². The van der Waals surface area contributed by atoms with Gasteiger partial charge in [0.25, 0.3) is 0 Å². The summed E-state index contributed by atoms with van der Waals surface area (Å²) in [7, 11) is 0. The average molecular weight is 153 g/mol. The third kappa shape index (κ3) is 3.06. The lowest BCUT2D eigenvalue weighted by atomic mass is 9.93. The molecule has 0 aromatic heterocycles. The summed E-state index contributed by atoms with van der Waals surface area (Å²) in [4.78, 5) is 0. The normalized spacial score (nSPS) is 31.3. The van der Waals surface area contributed by atoms with Gasteiger partial charge in [-0.05, 0) is 18.8 Å². The van der Waals surface area contributed by atoms with Crippen LogP contribution in [0.15, 0.2) is 12.2 Å². The van der Waals surface area contributed by atoms with Crippen LogP contribution in [0.4, 0.5) is 0 Å². The number of allylic oxidation sites excluding steroid dienone is 1. The Morgan fingerprint density at radius 3 is 2.73 bits per heavy atom. The first kappa shape index (κ1) is 8.79. The second-order valence-electron chi connectivity index (χ2n) is 3.90. The Kier molecular flexibility index (Phi) is 3.13. The second kappa shape index (κ2) is 3.91. The lowest BCUT2D eigenvalue weighted by Crippen LogP contribution is -2.36. The fourth-order valence-electron chi connectivity index (χ4n) is 1.71. The maximum atomic E-state index is 3.56. The molecule has 0 heterocycles. The summed E-state index contributed by atoms with van der Waals surface area (Å²) in [5, 5.41) is 3.56. The lowest BCUT2D eigenvalue weighted by molar-refractivity contribution is 0.395. The summed E-state index contributed by atoms with van der Waals surface area (Å²) in [5.74, 6) is 0.764. The molecule has 0 aliphatic heterocycles. The van der Waals surface area contributed by atoms with Gasteiger partial charge < -0.3 is 5.32 Å². The van der Waals surface area contributed by atoms with Crippen LogP contribution in [-0.4, -0.2) is 12.1 Å². The molecule has 1 aliphatic carbocycles. The van der Waals surface area contributed by atoms with Crippen molar-refractivity contribution >= 4 is 0 Å². The molecule has 0 saturated carbocycles. The molecule has 1 N–H and O–H groups in total. The minimum Gasteiger partial charge on any atom is -0.311 e. The molecule has 2 atom stereocenters. The molecule has 0 amide bonds. The van der Waals surface area contributed by atoms with Crippen LogP contribution < -0.4 is 5.32 Å². The van der Waals surface area contributed by atoms with Crippen LogP contribution in [-0.2, 0) is 0 Å². The van der Waals surface area contributed by atoms with Gasteiger partial charge in [-0.2, -0.15) is 0 Å². The highest BCUT2D eigenvalue weighted by Gasteiger charge is 2.14. The van der Waals surface area contributed by atoms with Crippen molar-refractivity contribution < 1.29 is 0 Å². The summed E-state index contributed by atoms with van der Waals surface area (Å²) >= 11 is 0. The molecule has 0 aromatic rings. The highest BCUT2D eigenvalue weighted by Crippen LogP contribution is 2.17. The van der Waals surface area contributed by atoms with Crippen LogP contribution in [0.1, 0.15) is 33.6 Å². The molecule has 1 rings (SSSR count). The van der Waals surface area contributed by atoms with E-state index in [2.05, 4.69) is 38.2 Å². The molecule has 1 nitrogen and oxygen atoms in total.